The van der Waals surface area contributed by atoms with Crippen LogP contribution in [-0.2, 0) is 16.6 Å². The van der Waals surface area contributed by atoms with Gasteiger partial charge in [0.25, 0.3) is 0 Å². The average Bonchev–Trinajstić information content (AvgIpc) is 3.09. The molecule has 0 amide bonds. The fourth-order valence-electron chi connectivity index (χ4n) is 6.10. The van der Waals surface area contributed by atoms with Crippen molar-refractivity contribution in [1.82, 2.24) is 4.90 Å². The Kier molecular flexibility index (Phi) is 5.62. The summed E-state index contributed by atoms with van der Waals surface area (Å²) in [5, 5.41) is 20.1. The van der Waals surface area contributed by atoms with Crippen molar-refractivity contribution >= 4 is 0 Å². The van der Waals surface area contributed by atoms with Crippen LogP contribution in [0.1, 0.15) is 37.8 Å². The highest BCUT2D eigenvalue weighted by atomic mass is 16.5. The lowest BCUT2D eigenvalue weighted by Gasteiger charge is -2.59. The van der Waals surface area contributed by atoms with E-state index in [1.807, 2.05) is 13.8 Å². The van der Waals surface area contributed by atoms with E-state index in [0.29, 0.717) is 17.7 Å². The van der Waals surface area contributed by atoms with Gasteiger partial charge in [-0.05, 0) is 50.4 Å². The molecule has 5 nitrogen and oxygen atoms in total. The number of benzene rings is 1. The first-order valence-electron chi connectivity index (χ1n) is 10.1. The Morgan fingerprint density at radius 3 is 2.71 bits per heavy atom. The van der Waals surface area contributed by atoms with E-state index in [9.17, 15) is 10.4 Å². The van der Waals surface area contributed by atoms with E-state index in [1.165, 1.54) is 11.1 Å². The standard InChI is InChI=1S/C19H22N2O3.C2H6.C2H2/c1-21-6-5-19-12-7-11(9-20)16(23-2)18(19)24-17-14(22)4-3-10(15(17)19)8-13(12)21;2*1-2/h3-4,11-13,16,18,22H,5-8H2,1-2H3;1-2H3;1-2H/t11?,12?,13?,16?,18-,19?;;/m0../s1. The van der Waals surface area contributed by atoms with Gasteiger partial charge in [0.15, 0.2) is 11.5 Å². The molecule has 0 radical (unpaired) electrons. The van der Waals surface area contributed by atoms with Crippen molar-refractivity contribution in [2.75, 3.05) is 20.7 Å². The van der Waals surface area contributed by atoms with Gasteiger partial charge in [-0.25, -0.2) is 0 Å². The van der Waals surface area contributed by atoms with Gasteiger partial charge in [0.2, 0.25) is 0 Å². The number of nitriles is 1. The third kappa shape index (κ3) is 2.47. The molecule has 0 aromatic heterocycles. The highest BCUT2D eigenvalue weighted by Gasteiger charge is 2.67. The lowest BCUT2D eigenvalue weighted by Crippen LogP contribution is -2.68. The molecule has 5 unspecified atom stereocenters. The summed E-state index contributed by atoms with van der Waals surface area (Å²) in [6, 6.07) is 6.70. The molecule has 150 valence electrons. The van der Waals surface area contributed by atoms with Gasteiger partial charge in [-0.15, -0.1) is 12.8 Å². The first-order valence-corrected chi connectivity index (χ1v) is 10.1. The summed E-state index contributed by atoms with van der Waals surface area (Å²) in [7, 11) is 3.87. The third-order valence-corrected chi connectivity index (χ3v) is 7.08. The number of hydrogen-bond donors (Lipinski definition) is 1. The minimum atomic E-state index is -0.243. The van der Waals surface area contributed by atoms with Crippen molar-refractivity contribution in [3.63, 3.8) is 0 Å². The second kappa shape index (κ2) is 7.66. The highest BCUT2D eigenvalue weighted by Crippen LogP contribution is 2.64. The molecule has 1 aromatic carbocycles. The van der Waals surface area contributed by atoms with Crippen LogP contribution in [0.15, 0.2) is 12.1 Å². The van der Waals surface area contributed by atoms with E-state index in [-0.39, 0.29) is 29.3 Å². The Balaban J connectivity index is 0.000000531. The first-order chi connectivity index (χ1) is 13.6. The van der Waals surface area contributed by atoms with Crippen LogP contribution in [0.4, 0.5) is 0 Å². The van der Waals surface area contributed by atoms with Crippen molar-refractivity contribution in [1.29, 1.82) is 5.26 Å². The molecule has 1 aromatic rings. The zero-order chi connectivity index (χ0) is 20.6. The number of ether oxygens (including phenoxy) is 2. The lowest BCUT2D eigenvalue weighted by molar-refractivity contribution is -0.127. The molecule has 6 atom stereocenters. The predicted octanol–water partition coefficient (Wildman–Crippen LogP) is 3.10. The fraction of sp³-hybridized carbons (Fsp3) is 0.609. The predicted molar refractivity (Wildman–Crippen MR) is 108 cm³/mol. The van der Waals surface area contributed by atoms with Crippen LogP contribution in [0.25, 0.3) is 0 Å². The quantitative estimate of drug-likeness (QED) is 0.756. The second-order valence-corrected chi connectivity index (χ2v) is 7.81. The van der Waals surface area contributed by atoms with Crippen molar-refractivity contribution < 1.29 is 14.6 Å². The molecule has 2 aliphatic heterocycles. The molecular formula is C23H30N2O3. The van der Waals surface area contributed by atoms with E-state index in [0.717, 1.165) is 25.8 Å². The summed E-state index contributed by atoms with van der Waals surface area (Å²) in [6.07, 6.45) is 10.4. The van der Waals surface area contributed by atoms with E-state index in [2.05, 4.69) is 36.9 Å². The summed E-state index contributed by atoms with van der Waals surface area (Å²) >= 11 is 0. The van der Waals surface area contributed by atoms with Crippen LogP contribution in [-0.4, -0.2) is 49.0 Å². The van der Waals surface area contributed by atoms with E-state index in [4.69, 9.17) is 9.47 Å². The van der Waals surface area contributed by atoms with Gasteiger partial charge >= 0.3 is 0 Å². The van der Waals surface area contributed by atoms with Crippen LogP contribution in [0.3, 0.4) is 0 Å². The average molecular weight is 383 g/mol. The zero-order valence-electron chi connectivity index (χ0n) is 17.2. The van der Waals surface area contributed by atoms with Crippen molar-refractivity contribution in [2.24, 2.45) is 11.8 Å². The zero-order valence-corrected chi connectivity index (χ0v) is 17.2. The number of aromatic hydroxyl groups is 1. The summed E-state index contributed by atoms with van der Waals surface area (Å²) in [6.45, 7) is 5.02. The van der Waals surface area contributed by atoms with Crippen molar-refractivity contribution in [2.45, 2.75) is 56.8 Å². The maximum Gasteiger partial charge on any atom is 0.165 e. The molecule has 2 fully saturated rings. The van der Waals surface area contributed by atoms with Crippen molar-refractivity contribution in [3.8, 4) is 30.4 Å². The van der Waals surface area contributed by atoms with Gasteiger partial charge in [-0.2, -0.15) is 5.26 Å². The van der Waals surface area contributed by atoms with Gasteiger partial charge < -0.3 is 19.5 Å². The van der Waals surface area contributed by atoms with Gasteiger partial charge in [-0.1, -0.05) is 19.9 Å². The Hall–Kier alpha value is -2.21. The molecule has 1 saturated heterocycles. The minimum Gasteiger partial charge on any atom is -0.504 e. The molecule has 2 bridgehead atoms. The second-order valence-electron chi connectivity index (χ2n) is 7.81. The number of nitrogens with zero attached hydrogens (tertiary/aromatic N) is 2. The Morgan fingerprint density at radius 1 is 1.36 bits per heavy atom. The summed E-state index contributed by atoms with van der Waals surface area (Å²) in [5.74, 6) is 1.08. The number of phenolic OH excluding ortho intramolecular Hbond substituents is 1. The molecule has 1 saturated carbocycles. The van der Waals surface area contributed by atoms with Crippen LogP contribution in [0.5, 0.6) is 11.5 Å². The van der Waals surface area contributed by atoms with Crippen LogP contribution < -0.4 is 4.74 Å². The van der Waals surface area contributed by atoms with Gasteiger partial charge in [0, 0.05) is 24.1 Å². The van der Waals surface area contributed by atoms with E-state index in [1.54, 1.807) is 13.2 Å². The monoisotopic (exact) mass is 382 g/mol. The van der Waals surface area contributed by atoms with Gasteiger partial charge in [-0.3, -0.25) is 0 Å². The van der Waals surface area contributed by atoms with Gasteiger partial charge in [0.1, 0.15) is 12.2 Å². The number of terminal acetylenes is 1. The van der Waals surface area contributed by atoms with Gasteiger partial charge in [0.05, 0.1) is 12.0 Å². The SMILES string of the molecule is C#C.CC.COC1C(C#N)CC2C3Cc4ccc(O)c5c4C2(CCN3C)[C@H]1O5. The Labute approximate surface area is 168 Å². The number of piperidine rings is 1. The highest BCUT2D eigenvalue weighted by molar-refractivity contribution is 5.61. The summed E-state index contributed by atoms with van der Waals surface area (Å²) in [5.41, 5.74) is 2.39. The summed E-state index contributed by atoms with van der Waals surface area (Å²) < 4.78 is 12.1. The number of methoxy groups -OCH3 is 1. The third-order valence-electron chi connectivity index (χ3n) is 7.08. The molecule has 28 heavy (non-hydrogen) atoms. The molecule has 1 N–H and O–H groups in total. The van der Waals surface area contributed by atoms with E-state index < -0.39 is 0 Å². The number of likely N-dealkylation sites (tertiary alicyclic amines) is 1. The molecule has 2 heterocycles. The number of likely N-dealkylation sites (N-methyl/N-ethyl adjacent to an activating group) is 1. The maximum absolute atomic E-state index is 10.4. The lowest BCUT2D eigenvalue weighted by atomic mass is 9.50. The number of hydrogen-bond acceptors (Lipinski definition) is 5. The number of phenols is 1. The van der Waals surface area contributed by atoms with Crippen molar-refractivity contribution in [3.05, 3.63) is 23.3 Å². The number of rotatable bonds is 1. The van der Waals surface area contributed by atoms with Crippen LogP contribution in [0.2, 0.25) is 0 Å². The van der Waals surface area contributed by atoms with Crippen LogP contribution >= 0.6 is 0 Å². The first kappa shape index (κ1) is 20.5. The topological polar surface area (TPSA) is 65.7 Å². The fourth-order valence-corrected chi connectivity index (χ4v) is 6.10. The normalized spacial score (nSPS) is 36.4. The maximum atomic E-state index is 10.4. The van der Waals surface area contributed by atoms with E-state index >= 15 is 0 Å². The smallest absolute Gasteiger partial charge is 0.165 e. The Bertz CT molecular complexity index is 799. The molecular weight excluding hydrogens is 352 g/mol. The summed E-state index contributed by atoms with van der Waals surface area (Å²) in [4.78, 5) is 2.45. The molecule has 5 heteroatoms. The Morgan fingerprint density at radius 2 is 2.07 bits per heavy atom. The molecule has 1 spiro atoms. The molecule has 5 rings (SSSR count). The minimum absolute atomic E-state index is 0.118. The largest absolute Gasteiger partial charge is 0.504 e. The molecule has 2 aliphatic carbocycles. The van der Waals surface area contributed by atoms with Crippen LogP contribution in [0, 0.1) is 36.0 Å². The molecule has 4 aliphatic rings.